The summed E-state index contributed by atoms with van der Waals surface area (Å²) >= 11 is 0. The van der Waals surface area contributed by atoms with E-state index in [4.69, 9.17) is 8.85 Å². The summed E-state index contributed by atoms with van der Waals surface area (Å²) in [5.74, 6) is 0.185. The Morgan fingerprint density at radius 3 is 1.91 bits per heavy atom. The van der Waals surface area contributed by atoms with Gasteiger partial charge in [-0.25, -0.2) is 0 Å². The molecule has 0 saturated heterocycles. The van der Waals surface area contributed by atoms with Crippen molar-refractivity contribution in [1.82, 2.24) is 0 Å². The van der Waals surface area contributed by atoms with Gasteiger partial charge in [0.1, 0.15) is 11.2 Å². The van der Waals surface area contributed by atoms with E-state index in [2.05, 4.69) is 58.3 Å². The number of benzene rings is 1. The van der Waals surface area contributed by atoms with Crippen LogP contribution in [0, 0.1) is 0 Å². The quantitative estimate of drug-likeness (QED) is 0.697. The fourth-order valence-corrected chi connectivity index (χ4v) is 6.39. The molecule has 128 valence electrons. The largest absolute Gasteiger partial charge is 0.405 e. The predicted octanol–water partition coefficient (Wildman–Crippen LogP) is 4.71. The Balaban J connectivity index is 2.57. The summed E-state index contributed by atoms with van der Waals surface area (Å²) < 4.78 is 13.2. The number of hydrogen-bond donors (Lipinski definition) is 0. The highest BCUT2D eigenvalue weighted by molar-refractivity contribution is 6.70. The van der Waals surface area contributed by atoms with Crippen molar-refractivity contribution in [3.8, 4) is 0 Å². The topological polar surface area (TPSA) is 35.5 Å². The number of hydrogen-bond acceptors (Lipinski definition) is 3. The van der Waals surface area contributed by atoms with E-state index in [1.807, 2.05) is 18.2 Å². The van der Waals surface area contributed by atoms with Gasteiger partial charge in [0.2, 0.25) is 0 Å². The van der Waals surface area contributed by atoms with Gasteiger partial charge < -0.3 is 8.85 Å². The molecule has 0 radical (unpaired) electrons. The Labute approximate surface area is 142 Å². The van der Waals surface area contributed by atoms with Crippen molar-refractivity contribution in [2.24, 2.45) is 0 Å². The van der Waals surface area contributed by atoms with Gasteiger partial charge in [0.15, 0.2) is 22.4 Å². The molecule has 2 rings (SSSR count). The SMILES string of the molecule is CC(O[Si](C)(C)C)(c1ccccc1)C1(O[Si](C)(C)C)CCC1=O. The lowest BCUT2D eigenvalue weighted by Crippen LogP contribution is -2.68. The molecule has 1 aliphatic carbocycles. The summed E-state index contributed by atoms with van der Waals surface area (Å²) in [6.45, 7) is 15.0. The smallest absolute Gasteiger partial charge is 0.185 e. The van der Waals surface area contributed by atoms with Crippen molar-refractivity contribution in [1.29, 1.82) is 0 Å². The zero-order chi connectivity index (χ0) is 17.5. The first-order chi connectivity index (χ1) is 10.4. The minimum atomic E-state index is -1.91. The van der Waals surface area contributed by atoms with Gasteiger partial charge in [-0.3, -0.25) is 4.79 Å². The fraction of sp³-hybridized carbons (Fsp3) is 0.611. The van der Waals surface area contributed by atoms with Crippen LogP contribution in [0.3, 0.4) is 0 Å². The molecule has 0 bridgehead atoms. The minimum absolute atomic E-state index is 0.185. The Morgan fingerprint density at radius 1 is 1.00 bits per heavy atom. The summed E-state index contributed by atoms with van der Waals surface area (Å²) in [7, 11) is -3.80. The molecular weight excluding hydrogens is 320 g/mol. The monoisotopic (exact) mass is 350 g/mol. The lowest BCUT2D eigenvalue weighted by Gasteiger charge is -2.56. The molecule has 1 aromatic carbocycles. The van der Waals surface area contributed by atoms with Gasteiger partial charge in [0.25, 0.3) is 0 Å². The van der Waals surface area contributed by atoms with Crippen LogP contribution in [0.2, 0.25) is 39.3 Å². The second kappa shape index (κ2) is 5.95. The maximum absolute atomic E-state index is 12.8. The Hall–Kier alpha value is -0.756. The highest BCUT2D eigenvalue weighted by atomic mass is 28.4. The summed E-state index contributed by atoms with van der Waals surface area (Å²) in [5.41, 5.74) is -0.526. The first-order valence-electron chi connectivity index (χ1n) is 8.39. The van der Waals surface area contributed by atoms with Crippen LogP contribution in [0.1, 0.15) is 25.3 Å². The number of carbonyl (C=O) groups is 1. The molecule has 0 N–H and O–H groups in total. The van der Waals surface area contributed by atoms with E-state index >= 15 is 0 Å². The normalized spacial score (nSPS) is 24.9. The lowest BCUT2D eigenvalue weighted by atomic mass is 9.65. The van der Waals surface area contributed by atoms with E-state index in [0.29, 0.717) is 6.42 Å². The summed E-state index contributed by atoms with van der Waals surface area (Å²) in [4.78, 5) is 12.8. The lowest BCUT2D eigenvalue weighted by molar-refractivity contribution is -0.182. The van der Waals surface area contributed by atoms with Crippen LogP contribution in [0.15, 0.2) is 30.3 Å². The van der Waals surface area contributed by atoms with Crippen molar-refractivity contribution in [2.75, 3.05) is 0 Å². The van der Waals surface area contributed by atoms with Crippen molar-refractivity contribution < 1.29 is 13.6 Å². The van der Waals surface area contributed by atoms with Crippen LogP contribution in [-0.2, 0) is 19.2 Å². The number of carbonyl (C=O) groups excluding carboxylic acids is 1. The van der Waals surface area contributed by atoms with Crippen LogP contribution in [0.4, 0.5) is 0 Å². The first-order valence-corrected chi connectivity index (χ1v) is 15.2. The number of Topliss-reactive ketones (excluding diaryl/α,β-unsaturated/α-hetero) is 1. The molecule has 0 heterocycles. The highest BCUT2D eigenvalue weighted by Gasteiger charge is 2.63. The zero-order valence-corrected chi connectivity index (χ0v) is 17.5. The summed E-state index contributed by atoms with van der Waals surface area (Å²) in [5, 5.41) is 0. The second-order valence-corrected chi connectivity index (χ2v) is 17.4. The van der Waals surface area contributed by atoms with E-state index in [-0.39, 0.29) is 5.78 Å². The van der Waals surface area contributed by atoms with E-state index < -0.39 is 27.8 Å². The molecule has 1 aliphatic rings. The molecule has 2 atom stereocenters. The highest BCUT2D eigenvalue weighted by Crippen LogP contribution is 2.51. The molecule has 0 aliphatic heterocycles. The molecule has 0 spiro atoms. The maximum atomic E-state index is 12.8. The molecule has 1 aromatic rings. The van der Waals surface area contributed by atoms with Crippen LogP contribution < -0.4 is 0 Å². The minimum Gasteiger partial charge on any atom is -0.405 e. The standard InChI is InChI=1S/C18H30O3Si2/c1-17(20-22(2,3)4,15-11-9-8-10-12-15)18(14-13-16(18)19)21-23(5,6)7/h8-12H,13-14H2,1-7H3. The van der Waals surface area contributed by atoms with Crippen LogP contribution >= 0.6 is 0 Å². The zero-order valence-electron chi connectivity index (χ0n) is 15.5. The third-order valence-corrected chi connectivity index (χ3v) is 6.22. The van der Waals surface area contributed by atoms with Gasteiger partial charge in [0, 0.05) is 6.42 Å². The third kappa shape index (κ3) is 3.68. The third-order valence-electron chi connectivity index (χ3n) is 4.24. The molecule has 3 nitrogen and oxygen atoms in total. The molecule has 5 heteroatoms. The maximum Gasteiger partial charge on any atom is 0.185 e. The fourth-order valence-electron chi connectivity index (χ4n) is 3.43. The number of rotatable bonds is 6. The Kier molecular flexibility index (Phi) is 4.81. The molecular formula is C18H30O3Si2. The van der Waals surface area contributed by atoms with Gasteiger partial charge in [-0.05, 0) is 58.2 Å². The summed E-state index contributed by atoms with van der Waals surface area (Å²) in [6.07, 6.45) is 1.33. The molecule has 1 saturated carbocycles. The van der Waals surface area contributed by atoms with E-state index in [1.165, 1.54) is 0 Å². The van der Waals surface area contributed by atoms with Gasteiger partial charge in [-0.1, -0.05) is 30.3 Å². The van der Waals surface area contributed by atoms with Gasteiger partial charge in [-0.15, -0.1) is 0 Å². The Morgan fingerprint density at radius 2 is 1.57 bits per heavy atom. The Bertz CT molecular complexity index is 574. The van der Waals surface area contributed by atoms with Crippen LogP contribution in [0.25, 0.3) is 0 Å². The van der Waals surface area contributed by atoms with Gasteiger partial charge in [-0.2, -0.15) is 0 Å². The molecule has 23 heavy (non-hydrogen) atoms. The summed E-state index contributed by atoms with van der Waals surface area (Å²) in [6, 6.07) is 10.1. The average Bonchev–Trinajstić information content (AvgIpc) is 2.41. The van der Waals surface area contributed by atoms with Crippen molar-refractivity contribution in [3.05, 3.63) is 35.9 Å². The molecule has 1 fully saturated rings. The predicted molar refractivity (Wildman–Crippen MR) is 99.6 cm³/mol. The van der Waals surface area contributed by atoms with Crippen molar-refractivity contribution in [3.63, 3.8) is 0 Å². The van der Waals surface area contributed by atoms with Gasteiger partial charge >= 0.3 is 0 Å². The molecule has 0 aromatic heterocycles. The van der Waals surface area contributed by atoms with Crippen LogP contribution in [-0.4, -0.2) is 28.0 Å². The van der Waals surface area contributed by atoms with Crippen molar-refractivity contribution in [2.45, 2.75) is 70.2 Å². The number of ketones is 1. The average molecular weight is 351 g/mol. The first kappa shape index (κ1) is 18.6. The van der Waals surface area contributed by atoms with E-state index in [9.17, 15) is 4.79 Å². The van der Waals surface area contributed by atoms with E-state index in [1.54, 1.807) is 0 Å². The van der Waals surface area contributed by atoms with Gasteiger partial charge in [0.05, 0.1) is 0 Å². The molecule has 0 amide bonds. The second-order valence-electron chi connectivity index (χ2n) is 8.58. The van der Waals surface area contributed by atoms with Crippen LogP contribution in [0.5, 0.6) is 0 Å². The van der Waals surface area contributed by atoms with Crippen molar-refractivity contribution >= 4 is 22.4 Å². The van der Waals surface area contributed by atoms with E-state index in [0.717, 1.165) is 12.0 Å². The molecule has 2 unspecified atom stereocenters.